The van der Waals surface area contributed by atoms with Crippen LogP contribution in [0, 0.1) is 5.92 Å². The van der Waals surface area contributed by atoms with E-state index >= 15 is 0 Å². The van der Waals surface area contributed by atoms with E-state index in [0.29, 0.717) is 13.2 Å². The second-order valence-corrected chi connectivity index (χ2v) is 4.77. The van der Waals surface area contributed by atoms with Crippen molar-refractivity contribution in [2.24, 2.45) is 5.92 Å². The van der Waals surface area contributed by atoms with Crippen LogP contribution in [-0.2, 0) is 9.53 Å². The zero-order valence-corrected chi connectivity index (χ0v) is 11.8. The Morgan fingerprint density at radius 3 is 2.78 bits per heavy atom. The molecule has 4 heteroatoms. The summed E-state index contributed by atoms with van der Waals surface area (Å²) < 4.78 is 4.96. The van der Waals surface area contributed by atoms with Gasteiger partial charge in [-0.15, -0.1) is 0 Å². The van der Waals surface area contributed by atoms with Gasteiger partial charge >= 0.3 is 5.97 Å². The fraction of sp³-hybridized carbons (Fsp3) is 0.500. The SMILES string of the molecule is CCOC(=O)C(C)CN[C@@H](C)c1cccc(Cl)c1. The fourth-order valence-electron chi connectivity index (χ4n) is 1.62. The van der Waals surface area contributed by atoms with Crippen molar-refractivity contribution >= 4 is 17.6 Å². The highest BCUT2D eigenvalue weighted by Crippen LogP contribution is 2.17. The molecule has 1 aromatic rings. The highest BCUT2D eigenvalue weighted by atomic mass is 35.5. The summed E-state index contributed by atoms with van der Waals surface area (Å²) in [6.07, 6.45) is 0. The summed E-state index contributed by atoms with van der Waals surface area (Å²) in [5.41, 5.74) is 1.11. The van der Waals surface area contributed by atoms with Crippen LogP contribution >= 0.6 is 11.6 Å². The van der Waals surface area contributed by atoms with Crippen molar-refractivity contribution in [3.05, 3.63) is 34.9 Å². The Bertz CT molecular complexity index is 395. The number of carbonyl (C=O) groups is 1. The second kappa shape index (κ2) is 7.39. The van der Waals surface area contributed by atoms with Gasteiger partial charge in [-0.3, -0.25) is 4.79 Å². The normalized spacial score (nSPS) is 14.0. The number of carbonyl (C=O) groups excluding carboxylic acids is 1. The van der Waals surface area contributed by atoms with Gasteiger partial charge in [0.05, 0.1) is 12.5 Å². The Balaban J connectivity index is 2.46. The van der Waals surface area contributed by atoms with E-state index in [2.05, 4.69) is 5.32 Å². The molecule has 0 fully saturated rings. The van der Waals surface area contributed by atoms with E-state index in [-0.39, 0.29) is 17.9 Å². The minimum atomic E-state index is -0.164. The fourth-order valence-corrected chi connectivity index (χ4v) is 1.81. The topological polar surface area (TPSA) is 38.3 Å². The van der Waals surface area contributed by atoms with Crippen LogP contribution in [0.3, 0.4) is 0 Å². The van der Waals surface area contributed by atoms with E-state index < -0.39 is 0 Å². The number of ether oxygens (including phenoxy) is 1. The average Bonchev–Trinajstić information content (AvgIpc) is 2.35. The number of hydrogen-bond acceptors (Lipinski definition) is 3. The standard InChI is InChI=1S/C14H20ClNO2/c1-4-18-14(17)10(2)9-16-11(3)12-6-5-7-13(15)8-12/h5-8,10-11,16H,4,9H2,1-3H3/t10?,11-/m0/s1. The van der Waals surface area contributed by atoms with Crippen LogP contribution in [0.15, 0.2) is 24.3 Å². The number of esters is 1. The molecule has 0 heterocycles. The van der Waals surface area contributed by atoms with Crippen LogP contribution in [-0.4, -0.2) is 19.1 Å². The van der Waals surface area contributed by atoms with Gasteiger partial charge in [0.2, 0.25) is 0 Å². The molecule has 0 bridgehead atoms. The quantitative estimate of drug-likeness (QED) is 0.806. The Morgan fingerprint density at radius 1 is 1.44 bits per heavy atom. The van der Waals surface area contributed by atoms with Gasteiger partial charge in [-0.25, -0.2) is 0 Å². The molecule has 0 radical (unpaired) electrons. The highest BCUT2D eigenvalue weighted by Gasteiger charge is 2.15. The summed E-state index contributed by atoms with van der Waals surface area (Å²) in [5, 5.41) is 4.03. The minimum absolute atomic E-state index is 0.147. The van der Waals surface area contributed by atoms with E-state index in [4.69, 9.17) is 16.3 Å². The molecule has 2 atom stereocenters. The maximum absolute atomic E-state index is 11.5. The van der Waals surface area contributed by atoms with Crippen molar-refractivity contribution in [2.45, 2.75) is 26.8 Å². The molecule has 0 spiro atoms. The first-order valence-corrected chi connectivity index (χ1v) is 6.57. The monoisotopic (exact) mass is 269 g/mol. The van der Waals surface area contributed by atoms with Crippen LogP contribution in [0.4, 0.5) is 0 Å². The van der Waals surface area contributed by atoms with E-state index in [9.17, 15) is 4.79 Å². The van der Waals surface area contributed by atoms with Crippen LogP contribution in [0.5, 0.6) is 0 Å². The number of halogens is 1. The first-order valence-electron chi connectivity index (χ1n) is 6.20. The molecule has 1 unspecified atom stereocenters. The molecule has 0 aliphatic heterocycles. The van der Waals surface area contributed by atoms with Crippen molar-refractivity contribution in [3.8, 4) is 0 Å². The maximum Gasteiger partial charge on any atom is 0.309 e. The summed E-state index contributed by atoms with van der Waals surface area (Å²) >= 11 is 5.94. The van der Waals surface area contributed by atoms with Gasteiger partial charge in [-0.05, 0) is 31.5 Å². The molecule has 3 nitrogen and oxygen atoms in total. The smallest absolute Gasteiger partial charge is 0.309 e. The van der Waals surface area contributed by atoms with Crippen molar-refractivity contribution in [1.82, 2.24) is 5.32 Å². The number of hydrogen-bond donors (Lipinski definition) is 1. The van der Waals surface area contributed by atoms with Crippen molar-refractivity contribution in [3.63, 3.8) is 0 Å². The third-order valence-corrected chi connectivity index (χ3v) is 3.00. The van der Waals surface area contributed by atoms with E-state index in [1.54, 1.807) is 0 Å². The maximum atomic E-state index is 11.5. The predicted octanol–water partition coefficient (Wildman–Crippen LogP) is 3.19. The lowest BCUT2D eigenvalue weighted by molar-refractivity contribution is -0.147. The summed E-state index contributed by atoms with van der Waals surface area (Å²) in [4.78, 5) is 11.5. The Kier molecular flexibility index (Phi) is 6.16. The van der Waals surface area contributed by atoms with Gasteiger partial charge < -0.3 is 10.1 Å². The molecule has 0 saturated carbocycles. The molecule has 0 aliphatic rings. The Labute approximate surface area is 113 Å². The van der Waals surface area contributed by atoms with Crippen molar-refractivity contribution in [2.75, 3.05) is 13.2 Å². The zero-order chi connectivity index (χ0) is 13.5. The molecule has 100 valence electrons. The first-order chi connectivity index (χ1) is 8.54. The Morgan fingerprint density at radius 2 is 2.17 bits per heavy atom. The molecular weight excluding hydrogens is 250 g/mol. The Hall–Kier alpha value is -1.06. The van der Waals surface area contributed by atoms with Crippen LogP contribution in [0.1, 0.15) is 32.4 Å². The third kappa shape index (κ3) is 4.67. The predicted molar refractivity (Wildman–Crippen MR) is 73.7 cm³/mol. The first kappa shape index (κ1) is 15.0. The number of nitrogens with one attached hydrogen (secondary N) is 1. The number of rotatable bonds is 6. The highest BCUT2D eigenvalue weighted by molar-refractivity contribution is 6.30. The van der Waals surface area contributed by atoms with Gasteiger partial charge in [0.15, 0.2) is 0 Å². The van der Waals surface area contributed by atoms with Gasteiger partial charge in [-0.1, -0.05) is 30.7 Å². The molecule has 0 saturated heterocycles. The average molecular weight is 270 g/mol. The van der Waals surface area contributed by atoms with Gasteiger partial charge in [0.25, 0.3) is 0 Å². The van der Waals surface area contributed by atoms with Gasteiger partial charge in [0, 0.05) is 17.6 Å². The lowest BCUT2D eigenvalue weighted by Gasteiger charge is -2.17. The third-order valence-electron chi connectivity index (χ3n) is 2.77. The molecule has 0 aromatic heterocycles. The summed E-state index contributed by atoms with van der Waals surface area (Å²) in [6.45, 7) is 6.73. The molecule has 1 rings (SSSR count). The molecular formula is C14H20ClNO2. The largest absolute Gasteiger partial charge is 0.466 e. The van der Waals surface area contributed by atoms with E-state index in [1.807, 2.05) is 45.0 Å². The van der Waals surface area contributed by atoms with Crippen molar-refractivity contribution in [1.29, 1.82) is 0 Å². The summed E-state index contributed by atoms with van der Waals surface area (Å²) in [5.74, 6) is -0.310. The molecule has 0 aliphatic carbocycles. The number of benzene rings is 1. The lowest BCUT2D eigenvalue weighted by Crippen LogP contribution is -2.29. The summed E-state index contributed by atoms with van der Waals surface area (Å²) in [6, 6.07) is 7.86. The van der Waals surface area contributed by atoms with Crippen molar-refractivity contribution < 1.29 is 9.53 Å². The van der Waals surface area contributed by atoms with E-state index in [0.717, 1.165) is 10.6 Å². The van der Waals surface area contributed by atoms with Gasteiger partial charge in [-0.2, -0.15) is 0 Å². The molecule has 1 aromatic carbocycles. The second-order valence-electron chi connectivity index (χ2n) is 4.34. The molecule has 1 N–H and O–H groups in total. The molecule has 18 heavy (non-hydrogen) atoms. The zero-order valence-electron chi connectivity index (χ0n) is 11.1. The van der Waals surface area contributed by atoms with Crippen LogP contribution in [0.2, 0.25) is 5.02 Å². The minimum Gasteiger partial charge on any atom is -0.466 e. The molecule has 0 amide bonds. The van der Waals surface area contributed by atoms with E-state index in [1.165, 1.54) is 0 Å². The summed E-state index contributed by atoms with van der Waals surface area (Å²) in [7, 11) is 0. The van der Waals surface area contributed by atoms with Gasteiger partial charge in [0.1, 0.15) is 0 Å². The van der Waals surface area contributed by atoms with Crippen LogP contribution in [0.25, 0.3) is 0 Å². The lowest BCUT2D eigenvalue weighted by atomic mass is 10.1. The van der Waals surface area contributed by atoms with Crippen LogP contribution < -0.4 is 5.32 Å².